The van der Waals surface area contributed by atoms with E-state index < -0.39 is 17.6 Å². The van der Waals surface area contributed by atoms with Gasteiger partial charge in [-0.05, 0) is 37.1 Å². The van der Waals surface area contributed by atoms with Gasteiger partial charge in [-0.1, -0.05) is 12.5 Å². The normalized spacial score (nSPS) is 30.5. The largest absolute Gasteiger partial charge is 0.391 e. The van der Waals surface area contributed by atoms with Gasteiger partial charge in [0.25, 0.3) is 0 Å². The summed E-state index contributed by atoms with van der Waals surface area (Å²) in [6.07, 6.45) is -1.97. The summed E-state index contributed by atoms with van der Waals surface area (Å²) >= 11 is 1.56. The van der Waals surface area contributed by atoms with Crippen LogP contribution in [-0.2, 0) is 6.42 Å². The SMILES string of the molecule is NC1(Cc2cccs2)CCCC(C(F)(F)F)C1. The van der Waals surface area contributed by atoms with Crippen LogP contribution in [0.1, 0.15) is 30.6 Å². The van der Waals surface area contributed by atoms with Crippen molar-refractivity contribution in [2.24, 2.45) is 11.7 Å². The van der Waals surface area contributed by atoms with Crippen LogP contribution in [0.5, 0.6) is 0 Å². The summed E-state index contributed by atoms with van der Waals surface area (Å²) in [5, 5.41) is 1.93. The van der Waals surface area contributed by atoms with Gasteiger partial charge in [0.1, 0.15) is 0 Å². The van der Waals surface area contributed by atoms with Gasteiger partial charge in [0.2, 0.25) is 0 Å². The number of alkyl halides is 3. The number of halogens is 3. The Balaban J connectivity index is 2.05. The highest BCUT2D eigenvalue weighted by molar-refractivity contribution is 7.09. The highest BCUT2D eigenvalue weighted by Gasteiger charge is 2.46. The van der Waals surface area contributed by atoms with Gasteiger partial charge in [-0.3, -0.25) is 0 Å². The molecule has 2 rings (SSSR count). The van der Waals surface area contributed by atoms with E-state index in [9.17, 15) is 13.2 Å². The molecule has 0 aliphatic heterocycles. The molecule has 0 saturated heterocycles. The van der Waals surface area contributed by atoms with Crippen LogP contribution in [0.3, 0.4) is 0 Å². The van der Waals surface area contributed by atoms with Crippen molar-refractivity contribution >= 4 is 11.3 Å². The number of rotatable bonds is 2. The van der Waals surface area contributed by atoms with E-state index in [-0.39, 0.29) is 12.8 Å². The van der Waals surface area contributed by atoms with E-state index in [0.717, 1.165) is 4.88 Å². The van der Waals surface area contributed by atoms with E-state index in [0.29, 0.717) is 19.3 Å². The van der Waals surface area contributed by atoms with E-state index in [4.69, 9.17) is 5.73 Å². The Bertz CT molecular complexity index is 360. The van der Waals surface area contributed by atoms with Gasteiger partial charge in [0.15, 0.2) is 0 Å². The zero-order valence-corrected chi connectivity index (χ0v) is 10.3. The third-order valence-electron chi connectivity index (χ3n) is 3.45. The van der Waals surface area contributed by atoms with Gasteiger partial charge in [-0.2, -0.15) is 13.2 Å². The summed E-state index contributed by atoms with van der Waals surface area (Å²) in [7, 11) is 0. The average Bonchev–Trinajstić information content (AvgIpc) is 2.68. The van der Waals surface area contributed by atoms with E-state index in [1.165, 1.54) is 0 Å². The van der Waals surface area contributed by atoms with Crippen LogP contribution in [0.25, 0.3) is 0 Å². The molecule has 2 atom stereocenters. The maximum atomic E-state index is 12.7. The minimum atomic E-state index is -4.10. The first-order chi connectivity index (χ1) is 7.89. The lowest BCUT2D eigenvalue weighted by Crippen LogP contribution is -2.48. The van der Waals surface area contributed by atoms with Crippen LogP contribution in [0, 0.1) is 5.92 Å². The molecule has 1 heterocycles. The molecule has 5 heteroatoms. The van der Waals surface area contributed by atoms with Crippen LogP contribution in [0.4, 0.5) is 13.2 Å². The van der Waals surface area contributed by atoms with Crippen molar-refractivity contribution < 1.29 is 13.2 Å². The standard InChI is InChI=1S/C12H16F3NS/c13-12(14,15)9-3-1-5-11(16,7-9)8-10-4-2-6-17-10/h2,4,6,9H,1,3,5,7-8,16H2. The molecular formula is C12H16F3NS. The third-order valence-corrected chi connectivity index (χ3v) is 4.33. The molecule has 17 heavy (non-hydrogen) atoms. The molecule has 1 saturated carbocycles. The lowest BCUT2D eigenvalue weighted by molar-refractivity contribution is -0.187. The minimum Gasteiger partial charge on any atom is -0.325 e. The van der Waals surface area contributed by atoms with Crippen molar-refractivity contribution in [1.29, 1.82) is 0 Å². The maximum Gasteiger partial charge on any atom is 0.391 e. The van der Waals surface area contributed by atoms with Crippen molar-refractivity contribution in [3.05, 3.63) is 22.4 Å². The van der Waals surface area contributed by atoms with Gasteiger partial charge >= 0.3 is 6.18 Å². The van der Waals surface area contributed by atoms with Gasteiger partial charge < -0.3 is 5.73 Å². The lowest BCUT2D eigenvalue weighted by Gasteiger charge is -2.38. The van der Waals surface area contributed by atoms with Crippen LogP contribution in [-0.4, -0.2) is 11.7 Å². The molecule has 1 fully saturated rings. The first-order valence-corrected chi connectivity index (χ1v) is 6.65. The topological polar surface area (TPSA) is 26.0 Å². The van der Waals surface area contributed by atoms with E-state index >= 15 is 0 Å². The van der Waals surface area contributed by atoms with Crippen molar-refractivity contribution in [2.45, 2.75) is 43.8 Å². The highest BCUT2D eigenvalue weighted by Crippen LogP contribution is 2.42. The summed E-state index contributed by atoms with van der Waals surface area (Å²) in [6.45, 7) is 0. The molecule has 0 bridgehead atoms. The summed E-state index contributed by atoms with van der Waals surface area (Å²) in [6, 6.07) is 3.85. The molecule has 0 radical (unpaired) electrons. The number of hydrogen-bond donors (Lipinski definition) is 1. The lowest BCUT2D eigenvalue weighted by atomic mass is 9.74. The Morgan fingerprint density at radius 2 is 2.24 bits per heavy atom. The second-order valence-corrected chi connectivity index (χ2v) is 5.99. The van der Waals surface area contributed by atoms with Gasteiger partial charge in [-0.25, -0.2) is 0 Å². The second-order valence-electron chi connectivity index (χ2n) is 4.95. The Morgan fingerprint density at radius 1 is 1.47 bits per heavy atom. The summed E-state index contributed by atoms with van der Waals surface area (Å²) in [5.41, 5.74) is 5.47. The Morgan fingerprint density at radius 3 is 2.82 bits per heavy atom. The third kappa shape index (κ3) is 3.22. The van der Waals surface area contributed by atoms with Gasteiger partial charge in [0, 0.05) is 10.4 Å². The molecular weight excluding hydrogens is 247 g/mol. The molecule has 96 valence electrons. The predicted octanol–water partition coefficient (Wildman–Crippen LogP) is 3.74. The zero-order chi connectivity index (χ0) is 12.5. The number of hydrogen-bond acceptors (Lipinski definition) is 2. The Kier molecular flexibility index (Phi) is 3.50. The van der Waals surface area contributed by atoms with Crippen LogP contribution in [0.2, 0.25) is 0 Å². The fraction of sp³-hybridized carbons (Fsp3) is 0.667. The molecule has 2 unspecified atom stereocenters. The number of nitrogens with two attached hydrogens (primary N) is 1. The second kappa shape index (κ2) is 4.61. The summed E-state index contributed by atoms with van der Waals surface area (Å²) in [5.74, 6) is -1.22. The fourth-order valence-corrected chi connectivity index (χ4v) is 3.46. The first-order valence-electron chi connectivity index (χ1n) is 5.77. The molecule has 0 amide bonds. The van der Waals surface area contributed by atoms with Crippen molar-refractivity contribution in [1.82, 2.24) is 0 Å². The van der Waals surface area contributed by atoms with E-state index in [1.807, 2.05) is 17.5 Å². The molecule has 2 N–H and O–H groups in total. The molecule has 0 aromatic carbocycles. The predicted molar refractivity (Wildman–Crippen MR) is 63.0 cm³/mol. The first kappa shape index (κ1) is 12.9. The Labute approximate surface area is 103 Å². The quantitative estimate of drug-likeness (QED) is 0.864. The van der Waals surface area contributed by atoms with Crippen LogP contribution in [0.15, 0.2) is 17.5 Å². The summed E-state index contributed by atoms with van der Waals surface area (Å²) < 4.78 is 38.1. The molecule has 1 aromatic rings. The minimum absolute atomic E-state index is 0.0639. The van der Waals surface area contributed by atoms with E-state index in [1.54, 1.807) is 11.3 Å². The molecule has 1 aliphatic carbocycles. The van der Waals surface area contributed by atoms with Crippen LogP contribution < -0.4 is 5.73 Å². The molecule has 1 aliphatic rings. The fourth-order valence-electron chi connectivity index (χ4n) is 2.60. The maximum absolute atomic E-state index is 12.7. The van der Waals surface area contributed by atoms with Crippen LogP contribution >= 0.6 is 11.3 Å². The smallest absolute Gasteiger partial charge is 0.325 e. The number of thiophene rings is 1. The van der Waals surface area contributed by atoms with E-state index in [2.05, 4.69) is 0 Å². The van der Waals surface area contributed by atoms with Crippen molar-refractivity contribution in [3.63, 3.8) is 0 Å². The molecule has 1 aromatic heterocycles. The van der Waals surface area contributed by atoms with Gasteiger partial charge in [0.05, 0.1) is 5.92 Å². The monoisotopic (exact) mass is 263 g/mol. The van der Waals surface area contributed by atoms with Gasteiger partial charge in [-0.15, -0.1) is 11.3 Å². The zero-order valence-electron chi connectivity index (χ0n) is 9.46. The Hall–Kier alpha value is -0.550. The molecule has 1 nitrogen and oxygen atoms in total. The van der Waals surface area contributed by atoms with Crippen molar-refractivity contribution in [3.8, 4) is 0 Å². The summed E-state index contributed by atoms with van der Waals surface area (Å²) in [4.78, 5) is 1.08. The average molecular weight is 263 g/mol. The highest BCUT2D eigenvalue weighted by atomic mass is 32.1. The molecule has 0 spiro atoms. The van der Waals surface area contributed by atoms with Crippen molar-refractivity contribution in [2.75, 3.05) is 0 Å².